The van der Waals surface area contributed by atoms with E-state index in [4.69, 9.17) is 4.74 Å². The molecule has 0 aliphatic carbocycles. The molecule has 21 heavy (non-hydrogen) atoms. The van der Waals surface area contributed by atoms with E-state index in [-0.39, 0.29) is 12.0 Å². The molecule has 1 aromatic heterocycles. The Kier molecular flexibility index (Phi) is 4.87. The van der Waals surface area contributed by atoms with Gasteiger partial charge in [-0.1, -0.05) is 0 Å². The second-order valence-corrected chi connectivity index (χ2v) is 6.93. The van der Waals surface area contributed by atoms with Crippen LogP contribution in [0, 0.1) is 6.92 Å². The first-order valence-corrected chi connectivity index (χ1v) is 8.62. The molecule has 5 nitrogen and oxygen atoms in total. The molecule has 1 N–H and O–H groups in total. The maximum Gasteiger partial charge on any atom is 0.263 e. The summed E-state index contributed by atoms with van der Waals surface area (Å²) >= 11 is 1.53. The molecule has 2 aliphatic rings. The van der Waals surface area contributed by atoms with Gasteiger partial charge in [0.05, 0.1) is 18.3 Å². The van der Waals surface area contributed by atoms with Gasteiger partial charge in [-0.25, -0.2) is 4.98 Å². The van der Waals surface area contributed by atoms with Gasteiger partial charge in [-0.2, -0.15) is 0 Å². The Morgan fingerprint density at radius 2 is 2.24 bits per heavy atom. The Labute approximate surface area is 129 Å². The standard InChI is InChI=1S/C15H23N3O2S/c1-11-14(15(19)16-9-12-5-4-8-20-12)21-13(17-11)10-18-6-2-3-7-18/h12H,2-10H2,1H3,(H,16,19). The zero-order valence-corrected chi connectivity index (χ0v) is 13.4. The molecule has 2 fully saturated rings. The Hall–Kier alpha value is -0.980. The first-order valence-electron chi connectivity index (χ1n) is 7.81. The van der Waals surface area contributed by atoms with E-state index in [0.717, 1.165) is 54.7 Å². The molecule has 0 spiro atoms. The summed E-state index contributed by atoms with van der Waals surface area (Å²) in [6, 6.07) is 0. The van der Waals surface area contributed by atoms with Crippen molar-refractivity contribution in [3.63, 3.8) is 0 Å². The molecule has 3 heterocycles. The SMILES string of the molecule is Cc1nc(CN2CCCC2)sc1C(=O)NCC1CCCO1. The van der Waals surface area contributed by atoms with Gasteiger partial charge < -0.3 is 10.1 Å². The van der Waals surface area contributed by atoms with Gasteiger partial charge >= 0.3 is 0 Å². The van der Waals surface area contributed by atoms with Crippen LogP contribution in [-0.4, -0.2) is 48.1 Å². The predicted octanol–water partition coefficient (Wildman–Crippen LogP) is 1.96. The van der Waals surface area contributed by atoms with E-state index in [2.05, 4.69) is 15.2 Å². The lowest BCUT2D eigenvalue weighted by molar-refractivity contribution is 0.0860. The lowest BCUT2D eigenvalue weighted by atomic mass is 10.2. The molecule has 1 unspecified atom stereocenters. The minimum Gasteiger partial charge on any atom is -0.376 e. The van der Waals surface area contributed by atoms with Gasteiger partial charge in [0, 0.05) is 13.2 Å². The molecule has 3 rings (SSSR count). The first-order chi connectivity index (χ1) is 10.2. The van der Waals surface area contributed by atoms with Crippen LogP contribution in [0.25, 0.3) is 0 Å². The number of carbonyl (C=O) groups is 1. The smallest absolute Gasteiger partial charge is 0.263 e. The highest BCUT2D eigenvalue weighted by molar-refractivity contribution is 7.13. The summed E-state index contributed by atoms with van der Waals surface area (Å²) < 4.78 is 5.53. The largest absolute Gasteiger partial charge is 0.376 e. The van der Waals surface area contributed by atoms with Gasteiger partial charge in [0.15, 0.2) is 0 Å². The first kappa shape index (κ1) is 14.9. The quantitative estimate of drug-likeness (QED) is 0.903. The zero-order chi connectivity index (χ0) is 14.7. The van der Waals surface area contributed by atoms with Crippen LogP contribution in [0.2, 0.25) is 0 Å². The highest BCUT2D eigenvalue weighted by Gasteiger charge is 2.20. The van der Waals surface area contributed by atoms with E-state index in [9.17, 15) is 4.79 Å². The van der Waals surface area contributed by atoms with Crippen molar-refractivity contribution in [1.82, 2.24) is 15.2 Å². The molecule has 2 aliphatic heterocycles. The van der Waals surface area contributed by atoms with E-state index in [1.165, 1.54) is 24.2 Å². The molecule has 0 radical (unpaired) electrons. The Morgan fingerprint density at radius 3 is 2.95 bits per heavy atom. The lowest BCUT2D eigenvalue weighted by Gasteiger charge is -2.11. The van der Waals surface area contributed by atoms with Gasteiger partial charge in [-0.15, -0.1) is 11.3 Å². The summed E-state index contributed by atoms with van der Waals surface area (Å²) in [6.07, 6.45) is 4.88. The van der Waals surface area contributed by atoms with Crippen molar-refractivity contribution in [3.05, 3.63) is 15.6 Å². The summed E-state index contributed by atoms with van der Waals surface area (Å²) in [5, 5.41) is 4.03. The number of aromatic nitrogens is 1. The second kappa shape index (κ2) is 6.85. The van der Waals surface area contributed by atoms with Gasteiger partial charge in [0.1, 0.15) is 9.88 Å². The number of rotatable bonds is 5. The van der Waals surface area contributed by atoms with Gasteiger partial charge in [-0.05, 0) is 45.7 Å². The van der Waals surface area contributed by atoms with Crippen LogP contribution in [0.5, 0.6) is 0 Å². The molecule has 0 saturated carbocycles. The van der Waals surface area contributed by atoms with E-state index in [0.29, 0.717) is 6.54 Å². The zero-order valence-electron chi connectivity index (χ0n) is 12.6. The van der Waals surface area contributed by atoms with E-state index < -0.39 is 0 Å². The van der Waals surface area contributed by atoms with Crippen LogP contribution in [-0.2, 0) is 11.3 Å². The number of nitrogens with zero attached hydrogens (tertiary/aromatic N) is 2. The van der Waals surface area contributed by atoms with Crippen molar-refractivity contribution in [3.8, 4) is 0 Å². The summed E-state index contributed by atoms with van der Waals surface area (Å²) in [4.78, 5) is 20.0. The third kappa shape index (κ3) is 3.81. The Balaban J connectivity index is 1.55. The topological polar surface area (TPSA) is 54.5 Å². The monoisotopic (exact) mass is 309 g/mol. The molecule has 1 aromatic rings. The van der Waals surface area contributed by atoms with E-state index >= 15 is 0 Å². The number of aryl methyl sites for hydroxylation is 1. The molecule has 116 valence electrons. The van der Waals surface area contributed by atoms with Gasteiger partial charge in [-0.3, -0.25) is 9.69 Å². The van der Waals surface area contributed by atoms with Crippen molar-refractivity contribution in [2.75, 3.05) is 26.2 Å². The summed E-state index contributed by atoms with van der Waals surface area (Å²) in [6.45, 7) is 6.53. The normalized spacial score (nSPS) is 22.8. The highest BCUT2D eigenvalue weighted by atomic mass is 32.1. The predicted molar refractivity (Wildman–Crippen MR) is 82.7 cm³/mol. The molecular weight excluding hydrogens is 286 g/mol. The third-order valence-corrected chi connectivity index (χ3v) is 5.26. The minimum absolute atomic E-state index is 0.00632. The van der Waals surface area contributed by atoms with Gasteiger partial charge in [0.25, 0.3) is 5.91 Å². The van der Waals surface area contributed by atoms with Crippen LogP contribution < -0.4 is 5.32 Å². The summed E-state index contributed by atoms with van der Waals surface area (Å²) in [5.74, 6) is -0.00632. The molecule has 0 bridgehead atoms. The molecule has 1 atom stereocenters. The van der Waals surface area contributed by atoms with Crippen molar-refractivity contribution in [2.45, 2.75) is 45.3 Å². The molecule has 6 heteroatoms. The number of nitrogens with one attached hydrogen (secondary N) is 1. The maximum atomic E-state index is 12.3. The average Bonchev–Trinajstić information content (AvgIpc) is 3.18. The van der Waals surface area contributed by atoms with Crippen LogP contribution in [0.4, 0.5) is 0 Å². The highest BCUT2D eigenvalue weighted by Crippen LogP contribution is 2.21. The molecule has 2 saturated heterocycles. The number of likely N-dealkylation sites (tertiary alicyclic amines) is 1. The average molecular weight is 309 g/mol. The van der Waals surface area contributed by atoms with E-state index in [1.54, 1.807) is 0 Å². The Morgan fingerprint density at radius 1 is 1.43 bits per heavy atom. The Bertz CT molecular complexity index is 491. The van der Waals surface area contributed by atoms with Crippen molar-refractivity contribution in [1.29, 1.82) is 0 Å². The van der Waals surface area contributed by atoms with Crippen molar-refractivity contribution >= 4 is 17.2 Å². The number of ether oxygens (including phenoxy) is 1. The lowest BCUT2D eigenvalue weighted by Crippen LogP contribution is -2.31. The fourth-order valence-corrected chi connectivity index (χ4v) is 3.98. The number of amides is 1. The number of thiazole rings is 1. The van der Waals surface area contributed by atoms with Crippen LogP contribution in [0.1, 0.15) is 46.1 Å². The minimum atomic E-state index is -0.00632. The number of hydrogen-bond donors (Lipinski definition) is 1. The van der Waals surface area contributed by atoms with Crippen molar-refractivity contribution in [2.24, 2.45) is 0 Å². The second-order valence-electron chi connectivity index (χ2n) is 5.85. The fraction of sp³-hybridized carbons (Fsp3) is 0.733. The molecule has 0 aromatic carbocycles. The van der Waals surface area contributed by atoms with Crippen LogP contribution in [0.3, 0.4) is 0 Å². The van der Waals surface area contributed by atoms with Crippen LogP contribution in [0.15, 0.2) is 0 Å². The summed E-state index contributed by atoms with van der Waals surface area (Å²) in [5.41, 5.74) is 0.846. The molecular formula is C15H23N3O2S. The van der Waals surface area contributed by atoms with Crippen molar-refractivity contribution < 1.29 is 9.53 Å². The fourth-order valence-electron chi connectivity index (χ4n) is 2.95. The summed E-state index contributed by atoms with van der Waals surface area (Å²) in [7, 11) is 0. The molecule has 1 amide bonds. The number of hydrogen-bond acceptors (Lipinski definition) is 5. The van der Waals surface area contributed by atoms with E-state index in [1.807, 2.05) is 6.92 Å². The van der Waals surface area contributed by atoms with Gasteiger partial charge in [0.2, 0.25) is 0 Å². The van der Waals surface area contributed by atoms with Crippen LogP contribution >= 0.6 is 11.3 Å². The maximum absolute atomic E-state index is 12.3. The number of carbonyl (C=O) groups excluding carboxylic acids is 1. The third-order valence-electron chi connectivity index (χ3n) is 4.12.